The molecule has 1 aliphatic heterocycles. The van der Waals surface area contributed by atoms with Crippen LogP contribution >= 0.6 is 15.9 Å². The fourth-order valence-corrected chi connectivity index (χ4v) is 2.88. The van der Waals surface area contributed by atoms with Crippen LogP contribution in [0.2, 0.25) is 0 Å². The van der Waals surface area contributed by atoms with E-state index in [4.69, 9.17) is 4.74 Å². The third kappa shape index (κ3) is 1.74. The first-order valence-electron chi connectivity index (χ1n) is 5.82. The average molecular weight is 309 g/mol. The summed E-state index contributed by atoms with van der Waals surface area (Å²) >= 11 is 3.48. The minimum atomic E-state index is -0.384. The fraction of sp³-hybridized carbons (Fsp3) is 0.308. The summed E-state index contributed by atoms with van der Waals surface area (Å²) in [4.78, 5) is 15.1. The molecule has 94 valence electrons. The molecule has 0 spiro atoms. The van der Waals surface area contributed by atoms with Gasteiger partial charge in [0.25, 0.3) is 0 Å². The molecule has 0 saturated heterocycles. The zero-order valence-electron chi connectivity index (χ0n) is 9.92. The van der Waals surface area contributed by atoms with E-state index in [-0.39, 0.29) is 12.0 Å². The van der Waals surface area contributed by atoms with Crippen LogP contribution in [0.25, 0.3) is 10.9 Å². The van der Waals surface area contributed by atoms with Crippen LogP contribution in [0.15, 0.2) is 22.7 Å². The van der Waals surface area contributed by atoms with Crippen LogP contribution < -0.4 is 5.32 Å². The van der Waals surface area contributed by atoms with Crippen LogP contribution in [0.1, 0.15) is 17.3 Å². The van der Waals surface area contributed by atoms with Crippen LogP contribution in [-0.2, 0) is 16.0 Å². The highest BCUT2D eigenvalue weighted by Gasteiger charge is 2.29. The maximum atomic E-state index is 11.8. The van der Waals surface area contributed by atoms with Crippen molar-refractivity contribution in [1.29, 1.82) is 0 Å². The Hall–Kier alpha value is -1.33. The van der Waals surface area contributed by atoms with E-state index >= 15 is 0 Å². The summed E-state index contributed by atoms with van der Waals surface area (Å²) in [6, 6.07) is 5.71. The van der Waals surface area contributed by atoms with Crippen molar-refractivity contribution in [2.24, 2.45) is 0 Å². The van der Waals surface area contributed by atoms with Crippen LogP contribution in [0.5, 0.6) is 0 Å². The van der Waals surface area contributed by atoms with Crippen molar-refractivity contribution in [1.82, 2.24) is 10.3 Å². The highest BCUT2D eigenvalue weighted by molar-refractivity contribution is 9.10. The number of esters is 1. The first-order valence-corrected chi connectivity index (χ1v) is 6.61. The van der Waals surface area contributed by atoms with E-state index in [0.717, 1.165) is 28.6 Å². The lowest BCUT2D eigenvalue weighted by Crippen LogP contribution is -2.35. The highest BCUT2D eigenvalue weighted by Crippen LogP contribution is 2.32. The number of rotatable bonds is 1. The Morgan fingerprint density at radius 2 is 2.33 bits per heavy atom. The topological polar surface area (TPSA) is 54.1 Å². The monoisotopic (exact) mass is 308 g/mol. The van der Waals surface area contributed by atoms with E-state index in [1.54, 1.807) is 0 Å². The van der Waals surface area contributed by atoms with E-state index in [1.807, 2.05) is 12.1 Å². The van der Waals surface area contributed by atoms with E-state index < -0.39 is 0 Å². The number of H-pyrrole nitrogens is 1. The van der Waals surface area contributed by atoms with Crippen LogP contribution in [0, 0.1) is 0 Å². The largest absolute Gasteiger partial charge is 0.468 e. The molecule has 1 aromatic heterocycles. The summed E-state index contributed by atoms with van der Waals surface area (Å²) in [6.07, 6.45) is 0.916. The molecule has 1 aromatic carbocycles. The quantitative estimate of drug-likeness (QED) is 0.795. The normalized spacial score (nSPS) is 18.7. The number of ether oxygens (including phenoxy) is 1. The fourth-order valence-electron chi connectivity index (χ4n) is 2.52. The molecule has 18 heavy (non-hydrogen) atoms. The molecule has 0 amide bonds. The van der Waals surface area contributed by atoms with Gasteiger partial charge in [-0.05, 0) is 30.2 Å². The molecule has 2 aromatic rings. The molecule has 3 rings (SSSR count). The van der Waals surface area contributed by atoms with Crippen molar-refractivity contribution >= 4 is 32.8 Å². The number of aromatic nitrogens is 1. The molecular weight excluding hydrogens is 296 g/mol. The molecule has 1 atom stereocenters. The lowest BCUT2D eigenvalue weighted by molar-refractivity contribution is -0.143. The minimum Gasteiger partial charge on any atom is -0.468 e. The van der Waals surface area contributed by atoms with Crippen molar-refractivity contribution in [3.05, 3.63) is 33.9 Å². The number of carbonyl (C=O) groups is 1. The van der Waals surface area contributed by atoms with Gasteiger partial charge in [0.15, 0.2) is 0 Å². The van der Waals surface area contributed by atoms with E-state index in [0.29, 0.717) is 0 Å². The summed E-state index contributed by atoms with van der Waals surface area (Å²) < 4.78 is 5.88. The Kier molecular flexibility index (Phi) is 2.87. The van der Waals surface area contributed by atoms with Gasteiger partial charge < -0.3 is 9.72 Å². The molecular formula is C13H13BrN2O2. The number of aromatic amines is 1. The maximum absolute atomic E-state index is 11.8. The van der Waals surface area contributed by atoms with Crippen LogP contribution in [-0.4, -0.2) is 24.6 Å². The smallest absolute Gasteiger partial charge is 0.329 e. The van der Waals surface area contributed by atoms with Gasteiger partial charge in [0.1, 0.15) is 6.04 Å². The summed E-state index contributed by atoms with van der Waals surface area (Å²) in [5.41, 5.74) is 3.20. The van der Waals surface area contributed by atoms with Crippen LogP contribution in [0.3, 0.4) is 0 Å². The second kappa shape index (κ2) is 4.40. The van der Waals surface area contributed by atoms with Gasteiger partial charge in [0, 0.05) is 27.6 Å². The van der Waals surface area contributed by atoms with Gasteiger partial charge >= 0.3 is 5.97 Å². The second-order valence-electron chi connectivity index (χ2n) is 4.37. The van der Waals surface area contributed by atoms with Crippen molar-refractivity contribution in [3.8, 4) is 0 Å². The Labute approximate surface area is 113 Å². The third-order valence-electron chi connectivity index (χ3n) is 3.35. The number of nitrogens with one attached hydrogen (secondary N) is 2. The number of benzene rings is 1. The predicted molar refractivity (Wildman–Crippen MR) is 72.5 cm³/mol. The number of hydrogen-bond donors (Lipinski definition) is 2. The summed E-state index contributed by atoms with van der Waals surface area (Å²) in [5, 5.41) is 4.36. The van der Waals surface area contributed by atoms with Gasteiger partial charge in [-0.1, -0.05) is 15.9 Å². The lowest BCUT2D eigenvalue weighted by atomic mass is 9.99. The first kappa shape index (κ1) is 11.7. The number of halogens is 1. The average Bonchev–Trinajstić information content (AvgIpc) is 2.75. The molecule has 2 N–H and O–H groups in total. The number of hydrogen-bond acceptors (Lipinski definition) is 3. The van der Waals surface area contributed by atoms with E-state index in [1.165, 1.54) is 18.1 Å². The zero-order chi connectivity index (χ0) is 12.7. The van der Waals surface area contributed by atoms with Gasteiger partial charge in [-0.2, -0.15) is 0 Å². The summed E-state index contributed by atoms with van der Waals surface area (Å²) in [7, 11) is 1.41. The van der Waals surface area contributed by atoms with E-state index in [9.17, 15) is 4.79 Å². The SMILES string of the molecule is COC(=O)C1NCCc2c1[nH]c1ccc(Br)cc21. The molecule has 0 aliphatic carbocycles. The Morgan fingerprint density at radius 3 is 3.11 bits per heavy atom. The summed E-state index contributed by atoms with van der Waals surface area (Å²) in [6.45, 7) is 0.784. The lowest BCUT2D eigenvalue weighted by Gasteiger charge is -2.21. The number of methoxy groups -OCH3 is 1. The first-order chi connectivity index (χ1) is 8.70. The van der Waals surface area contributed by atoms with Crippen molar-refractivity contribution in [2.45, 2.75) is 12.5 Å². The number of carbonyl (C=O) groups excluding carboxylic acids is 1. The number of fused-ring (bicyclic) bond motifs is 3. The highest BCUT2D eigenvalue weighted by atomic mass is 79.9. The van der Waals surface area contributed by atoms with Crippen molar-refractivity contribution in [2.75, 3.05) is 13.7 Å². The molecule has 1 aliphatic rings. The van der Waals surface area contributed by atoms with Crippen molar-refractivity contribution in [3.63, 3.8) is 0 Å². The summed E-state index contributed by atoms with van der Waals surface area (Å²) in [5.74, 6) is -0.249. The van der Waals surface area contributed by atoms with Gasteiger partial charge in [-0.15, -0.1) is 0 Å². The van der Waals surface area contributed by atoms with E-state index in [2.05, 4.69) is 32.3 Å². The standard InChI is InChI=1S/C13H13BrN2O2/c1-18-13(17)12-11-8(4-5-15-12)9-6-7(14)2-3-10(9)16-11/h2-3,6,12,15-16H,4-5H2,1H3. The van der Waals surface area contributed by atoms with Gasteiger partial charge in [-0.25, -0.2) is 4.79 Å². The molecule has 0 bridgehead atoms. The van der Waals surface area contributed by atoms with Gasteiger partial charge in [-0.3, -0.25) is 5.32 Å². The molecule has 5 heteroatoms. The molecule has 0 radical (unpaired) electrons. The zero-order valence-corrected chi connectivity index (χ0v) is 11.5. The third-order valence-corrected chi connectivity index (χ3v) is 3.84. The van der Waals surface area contributed by atoms with Gasteiger partial charge in [0.2, 0.25) is 0 Å². The Bertz CT molecular complexity index is 621. The van der Waals surface area contributed by atoms with Crippen LogP contribution in [0.4, 0.5) is 0 Å². The predicted octanol–water partition coefficient (Wildman–Crippen LogP) is 2.29. The molecule has 0 saturated carbocycles. The molecule has 4 nitrogen and oxygen atoms in total. The maximum Gasteiger partial charge on any atom is 0.329 e. The second-order valence-corrected chi connectivity index (χ2v) is 5.28. The minimum absolute atomic E-state index is 0.249. The Morgan fingerprint density at radius 1 is 1.50 bits per heavy atom. The van der Waals surface area contributed by atoms with Crippen molar-refractivity contribution < 1.29 is 9.53 Å². The van der Waals surface area contributed by atoms with Gasteiger partial charge in [0.05, 0.1) is 7.11 Å². The molecule has 2 heterocycles. The Balaban J connectivity index is 2.18. The molecule has 1 unspecified atom stereocenters. The molecule has 0 fully saturated rings.